The second kappa shape index (κ2) is 8.86. The Bertz CT molecular complexity index is 954. The Labute approximate surface area is 172 Å². The molecular formula is C24H27NO4. The van der Waals surface area contributed by atoms with Gasteiger partial charge in [0, 0.05) is 11.3 Å². The maximum atomic E-state index is 11.8. The van der Waals surface area contributed by atoms with Crippen LogP contribution in [0.2, 0.25) is 0 Å². The van der Waals surface area contributed by atoms with Crippen LogP contribution in [-0.4, -0.2) is 13.3 Å². The maximum absolute atomic E-state index is 11.8. The van der Waals surface area contributed by atoms with E-state index in [1.54, 1.807) is 0 Å². The van der Waals surface area contributed by atoms with E-state index in [1.807, 2.05) is 44.2 Å². The van der Waals surface area contributed by atoms with Crippen molar-refractivity contribution in [2.75, 3.05) is 7.11 Å². The number of para-hydroxylation sites is 1. The average Bonchev–Trinajstić information content (AvgIpc) is 2.67. The molecule has 0 saturated heterocycles. The van der Waals surface area contributed by atoms with E-state index in [4.69, 9.17) is 14.2 Å². The first-order chi connectivity index (χ1) is 13.9. The minimum atomic E-state index is -0.743. The number of carbonyl (C=O) groups is 1. The van der Waals surface area contributed by atoms with Gasteiger partial charge in [-0.05, 0) is 39.3 Å². The molecule has 0 fully saturated rings. The summed E-state index contributed by atoms with van der Waals surface area (Å²) in [5, 5.41) is 3.22. The second-order valence-electron chi connectivity index (χ2n) is 7.32. The van der Waals surface area contributed by atoms with Crippen LogP contribution < -0.4 is 10.1 Å². The molecule has 152 valence electrons. The summed E-state index contributed by atoms with van der Waals surface area (Å²) in [6.07, 6.45) is 1.28. The normalized spacial score (nSPS) is 16.0. The Hall–Kier alpha value is -3.21. The van der Waals surface area contributed by atoms with Crippen molar-refractivity contribution in [3.05, 3.63) is 87.9 Å². The standard InChI is InChI=1S/C24H27NO4/c1-15-10-16(2)12-19(11-15)14-28-22-9-7-6-8-20(22)21-13-17(3)25-18(4)23(21)29-24(26)27-5/h6-13,21,25H,14H2,1-5H3. The minimum Gasteiger partial charge on any atom is -0.489 e. The first-order valence-electron chi connectivity index (χ1n) is 9.58. The number of carbonyl (C=O) groups excluding carboxylic acids is 1. The third kappa shape index (κ3) is 4.99. The second-order valence-corrected chi connectivity index (χ2v) is 7.32. The summed E-state index contributed by atoms with van der Waals surface area (Å²) < 4.78 is 16.4. The SMILES string of the molecule is COC(=O)OC1=C(C)NC(C)=CC1c1ccccc1OCc1cc(C)cc(C)c1. The lowest BCUT2D eigenvalue weighted by atomic mass is 9.92. The number of ether oxygens (including phenoxy) is 3. The number of methoxy groups -OCH3 is 1. The third-order valence-corrected chi connectivity index (χ3v) is 4.74. The van der Waals surface area contributed by atoms with Crippen molar-refractivity contribution in [1.82, 2.24) is 5.32 Å². The van der Waals surface area contributed by atoms with Crippen LogP contribution in [0.15, 0.2) is 65.7 Å². The van der Waals surface area contributed by atoms with Crippen LogP contribution in [0.3, 0.4) is 0 Å². The van der Waals surface area contributed by atoms with Crippen LogP contribution in [0.4, 0.5) is 4.79 Å². The number of nitrogens with one attached hydrogen (secondary N) is 1. The van der Waals surface area contributed by atoms with Crippen molar-refractivity contribution in [3.63, 3.8) is 0 Å². The summed E-state index contributed by atoms with van der Waals surface area (Å²) in [6.45, 7) is 8.47. The Morgan fingerprint density at radius 2 is 1.72 bits per heavy atom. The molecule has 1 atom stereocenters. The van der Waals surface area contributed by atoms with Gasteiger partial charge in [-0.1, -0.05) is 53.6 Å². The molecule has 0 aliphatic carbocycles. The third-order valence-electron chi connectivity index (χ3n) is 4.74. The molecule has 0 amide bonds. The number of hydrogen-bond acceptors (Lipinski definition) is 5. The van der Waals surface area contributed by atoms with E-state index in [0.717, 1.165) is 28.3 Å². The number of aryl methyl sites for hydroxylation is 2. The van der Waals surface area contributed by atoms with E-state index in [2.05, 4.69) is 37.4 Å². The zero-order valence-electron chi connectivity index (χ0n) is 17.5. The van der Waals surface area contributed by atoms with E-state index < -0.39 is 6.16 Å². The Morgan fingerprint density at radius 1 is 1.03 bits per heavy atom. The number of rotatable bonds is 5. The van der Waals surface area contributed by atoms with Gasteiger partial charge in [-0.25, -0.2) is 4.79 Å². The van der Waals surface area contributed by atoms with Crippen LogP contribution in [0.5, 0.6) is 5.75 Å². The van der Waals surface area contributed by atoms with E-state index in [9.17, 15) is 4.79 Å². The molecule has 3 rings (SSSR count). The molecule has 2 aromatic rings. The van der Waals surface area contributed by atoms with Gasteiger partial charge in [0.05, 0.1) is 18.7 Å². The fourth-order valence-corrected chi connectivity index (χ4v) is 3.64. The van der Waals surface area contributed by atoms with E-state index in [-0.39, 0.29) is 5.92 Å². The van der Waals surface area contributed by atoms with Gasteiger partial charge in [0.25, 0.3) is 0 Å². The first-order valence-corrected chi connectivity index (χ1v) is 9.58. The highest BCUT2D eigenvalue weighted by Gasteiger charge is 2.28. The summed E-state index contributed by atoms with van der Waals surface area (Å²) in [4.78, 5) is 11.8. The number of dihydropyridines is 1. The zero-order valence-corrected chi connectivity index (χ0v) is 17.5. The number of hydrogen-bond donors (Lipinski definition) is 1. The molecule has 2 aromatic carbocycles. The van der Waals surface area contributed by atoms with Gasteiger partial charge in [-0.2, -0.15) is 0 Å². The van der Waals surface area contributed by atoms with Crippen molar-refractivity contribution in [2.24, 2.45) is 0 Å². The van der Waals surface area contributed by atoms with Crippen LogP contribution in [-0.2, 0) is 16.1 Å². The van der Waals surface area contributed by atoms with Crippen molar-refractivity contribution in [2.45, 2.75) is 40.2 Å². The molecule has 5 heteroatoms. The summed E-state index contributed by atoms with van der Waals surface area (Å²) in [6, 6.07) is 14.2. The molecule has 1 unspecified atom stereocenters. The molecule has 1 N–H and O–H groups in total. The molecule has 5 nitrogen and oxygen atoms in total. The lowest BCUT2D eigenvalue weighted by Gasteiger charge is -2.27. The van der Waals surface area contributed by atoms with Gasteiger partial charge in [-0.3, -0.25) is 0 Å². The monoisotopic (exact) mass is 393 g/mol. The predicted molar refractivity (Wildman–Crippen MR) is 113 cm³/mol. The van der Waals surface area contributed by atoms with Crippen molar-refractivity contribution >= 4 is 6.16 Å². The van der Waals surface area contributed by atoms with E-state index in [1.165, 1.54) is 18.2 Å². The molecule has 1 aliphatic heterocycles. The van der Waals surface area contributed by atoms with Gasteiger partial charge in [-0.15, -0.1) is 0 Å². The van der Waals surface area contributed by atoms with Gasteiger partial charge < -0.3 is 19.5 Å². The topological polar surface area (TPSA) is 56.8 Å². The Kier molecular flexibility index (Phi) is 6.27. The van der Waals surface area contributed by atoms with Crippen LogP contribution in [0.25, 0.3) is 0 Å². The number of benzene rings is 2. The molecule has 0 aromatic heterocycles. The van der Waals surface area contributed by atoms with Gasteiger partial charge >= 0.3 is 6.16 Å². The molecule has 0 spiro atoms. The quantitative estimate of drug-likeness (QED) is 0.681. The summed E-state index contributed by atoms with van der Waals surface area (Å²) in [5.41, 5.74) is 6.21. The minimum absolute atomic E-state index is 0.259. The fourth-order valence-electron chi connectivity index (χ4n) is 3.64. The highest BCUT2D eigenvalue weighted by Crippen LogP contribution is 2.38. The van der Waals surface area contributed by atoms with Gasteiger partial charge in [0.2, 0.25) is 0 Å². The number of allylic oxidation sites excluding steroid dienone is 3. The van der Waals surface area contributed by atoms with E-state index >= 15 is 0 Å². The maximum Gasteiger partial charge on any atom is 0.513 e. The first kappa shape index (κ1) is 20.5. The van der Waals surface area contributed by atoms with Crippen LogP contribution in [0, 0.1) is 13.8 Å². The average molecular weight is 393 g/mol. The molecule has 0 bridgehead atoms. The molecule has 0 saturated carbocycles. The largest absolute Gasteiger partial charge is 0.513 e. The summed E-state index contributed by atoms with van der Waals surface area (Å²) in [5.74, 6) is 0.997. The lowest BCUT2D eigenvalue weighted by Crippen LogP contribution is -2.23. The van der Waals surface area contributed by atoms with Gasteiger partial charge in [0.1, 0.15) is 18.1 Å². The smallest absolute Gasteiger partial charge is 0.489 e. The predicted octanol–water partition coefficient (Wildman–Crippen LogP) is 5.49. The lowest BCUT2D eigenvalue weighted by molar-refractivity contribution is 0.0923. The Morgan fingerprint density at radius 3 is 2.41 bits per heavy atom. The van der Waals surface area contributed by atoms with E-state index in [0.29, 0.717) is 12.4 Å². The summed E-state index contributed by atoms with van der Waals surface area (Å²) in [7, 11) is 1.30. The molecule has 0 radical (unpaired) electrons. The molecule has 29 heavy (non-hydrogen) atoms. The Balaban J connectivity index is 1.91. The van der Waals surface area contributed by atoms with Crippen molar-refractivity contribution in [1.29, 1.82) is 0 Å². The molecule has 1 heterocycles. The highest BCUT2D eigenvalue weighted by atomic mass is 16.7. The van der Waals surface area contributed by atoms with Crippen LogP contribution in [0.1, 0.15) is 42.0 Å². The van der Waals surface area contributed by atoms with Crippen LogP contribution >= 0.6 is 0 Å². The van der Waals surface area contributed by atoms with Gasteiger partial charge in [0.15, 0.2) is 0 Å². The zero-order chi connectivity index (χ0) is 21.0. The fraction of sp³-hybridized carbons (Fsp3) is 0.292. The molecule has 1 aliphatic rings. The summed E-state index contributed by atoms with van der Waals surface area (Å²) >= 11 is 0. The van der Waals surface area contributed by atoms with Crippen molar-refractivity contribution < 1.29 is 19.0 Å². The molecular weight excluding hydrogens is 366 g/mol. The highest BCUT2D eigenvalue weighted by molar-refractivity contribution is 5.62. The van der Waals surface area contributed by atoms with Crippen molar-refractivity contribution in [3.8, 4) is 5.75 Å².